The van der Waals surface area contributed by atoms with Crippen LogP contribution in [-0.4, -0.2) is 32.0 Å². The van der Waals surface area contributed by atoms with Gasteiger partial charge in [0.05, 0.1) is 6.54 Å². The van der Waals surface area contributed by atoms with E-state index in [4.69, 9.17) is 5.11 Å². The van der Waals surface area contributed by atoms with E-state index >= 15 is 0 Å². The van der Waals surface area contributed by atoms with Gasteiger partial charge in [0, 0.05) is 12.8 Å². The Morgan fingerprint density at radius 3 is 2.39 bits per heavy atom. The number of alkyl halides is 3. The minimum absolute atomic E-state index is 0.363. The normalized spacial score (nSPS) is 13.6. The monoisotopic (exact) mass is 265 g/mol. The van der Waals surface area contributed by atoms with E-state index in [1.54, 1.807) is 13.8 Å². The predicted molar refractivity (Wildman–Crippen MR) is 56.0 cm³/mol. The molecule has 0 saturated carbocycles. The third kappa shape index (κ3) is 3.21. The summed E-state index contributed by atoms with van der Waals surface area (Å²) in [6.45, 7) is 2.76. The number of aryl methyl sites for hydroxylation is 2. The van der Waals surface area contributed by atoms with E-state index in [0.717, 1.165) is 4.68 Å². The highest BCUT2D eigenvalue weighted by atomic mass is 19.4. The topological polar surface area (TPSA) is 68.0 Å². The molecule has 102 valence electrons. The molecule has 1 atom stereocenters. The Kier molecular flexibility index (Phi) is 4.31. The third-order valence-electron chi connectivity index (χ3n) is 2.47. The molecule has 0 spiro atoms. The molecule has 18 heavy (non-hydrogen) atoms. The minimum Gasteiger partial charge on any atom is -0.481 e. The summed E-state index contributed by atoms with van der Waals surface area (Å²) in [5.41, 5.74) is 0. The van der Waals surface area contributed by atoms with Crippen LogP contribution in [0.25, 0.3) is 0 Å². The van der Waals surface area contributed by atoms with Gasteiger partial charge < -0.3 is 5.11 Å². The second kappa shape index (κ2) is 5.36. The van der Waals surface area contributed by atoms with Crippen molar-refractivity contribution in [2.24, 2.45) is 5.92 Å². The van der Waals surface area contributed by atoms with Gasteiger partial charge in [-0.2, -0.15) is 18.3 Å². The van der Waals surface area contributed by atoms with E-state index in [2.05, 4.69) is 10.1 Å². The van der Waals surface area contributed by atoms with E-state index in [9.17, 15) is 18.0 Å². The van der Waals surface area contributed by atoms with Gasteiger partial charge in [-0.1, -0.05) is 13.8 Å². The molecular weight excluding hydrogens is 251 g/mol. The van der Waals surface area contributed by atoms with Crippen LogP contribution in [0.3, 0.4) is 0 Å². The summed E-state index contributed by atoms with van der Waals surface area (Å²) < 4.78 is 38.6. The lowest BCUT2D eigenvalue weighted by molar-refractivity contribution is -0.196. The average Bonchev–Trinajstić information content (AvgIpc) is 2.66. The number of rotatable bonds is 5. The molecule has 1 aromatic rings. The molecule has 1 unspecified atom stereocenters. The van der Waals surface area contributed by atoms with Crippen molar-refractivity contribution in [2.75, 3.05) is 0 Å². The van der Waals surface area contributed by atoms with E-state index in [1.807, 2.05) is 0 Å². The van der Waals surface area contributed by atoms with Crippen LogP contribution in [0.1, 0.15) is 25.5 Å². The second-order valence-electron chi connectivity index (χ2n) is 3.77. The highest BCUT2D eigenvalue weighted by Crippen LogP contribution is 2.28. The number of carboxylic acids is 1. The van der Waals surface area contributed by atoms with E-state index in [0.29, 0.717) is 24.5 Å². The summed E-state index contributed by atoms with van der Waals surface area (Å²) in [6.07, 6.45) is -3.91. The van der Waals surface area contributed by atoms with Gasteiger partial charge in [-0.3, -0.25) is 4.79 Å². The van der Waals surface area contributed by atoms with Crippen molar-refractivity contribution in [1.82, 2.24) is 14.8 Å². The fraction of sp³-hybridized carbons (Fsp3) is 0.700. The number of carbonyl (C=O) groups is 1. The molecule has 1 N–H and O–H groups in total. The summed E-state index contributed by atoms with van der Waals surface area (Å²) in [5, 5.41) is 12.5. The maximum absolute atomic E-state index is 12.5. The number of hydrogen-bond donors (Lipinski definition) is 1. The van der Waals surface area contributed by atoms with Crippen LogP contribution in [0.4, 0.5) is 13.2 Å². The minimum atomic E-state index is -4.80. The predicted octanol–water partition coefficient (Wildman–Crippen LogP) is 1.67. The Hall–Kier alpha value is -1.60. The highest BCUT2D eigenvalue weighted by Gasteiger charge is 2.45. The van der Waals surface area contributed by atoms with Crippen molar-refractivity contribution in [3.63, 3.8) is 0 Å². The quantitative estimate of drug-likeness (QED) is 0.879. The van der Waals surface area contributed by atoms with E-state index < -0.39 is 24.6 Å². The smallest absolute Gasteiger partial charge is 0.404 e. The van der Waals surface area contributed by atoms with Crippen LogP contribution < -0.4 is 0 Å². The van der Waals surface area contributed by atoms with E-state index in [-0.39, 0.29) is 0 Å². The zero-order chi connectivity index (χ0) is 13.9. The number of carboxylic acid groups (broad SMARTS) is 1. The van der Waals surface area contributed by atoms with E-state index in [1.165, 1.54) is 0 Å². The van der Waals surface area contributed by atoms with Crippen molar-refractivity contribution in [3.05, 3.63) is 11.6 Å². The van der Waals surface area contributed by atoms with Crippen LogP contribution in [0, 0.1) is 5.92 Å². The van der Waals surface area contributed by atoms with Gasteiger partial charge in [-0.15, -0.1) is 0 Å². The van der Waals surface area contributed by atoms with Gasteiger partial charge in [-0.05, 0) is 0 Å². The third-order valence-corrected chi connectivity index (χ3v) is 2.47. The Bertz CT molecular complexity index is 428. The maximum atomic E-state index is 12.5. The molecule has 1 rings (SSSR count). The Morgan fingerprint density at radius 1 is 1.39 bits per heavy atom. The van der Waals surface area contributed by atoms with Crippen LogP contribution in [-0.2, 0) is 24.2 Å². The number of aliphatic carboxylic acids is 1. The molecule has 0 aliphatic carbocycles. The van der Waals surface area contributed by atoms with Crippen LogP contribution >= 0.6 is 0 Å². The van der Waals surface area contributed by atoms with Crippen LogP contribution in [0.15, 0.2) is 0 Å². The van der Waals surface area contributed by atoms with Gasteiger partial charge in [0.25, 0.3) is 0 Å². The molecule has 5 nitrogen and oxygen atoms in total. The Labute approximate surface area is 102 Å². The first-order valence-corrected chi connectivity index (χ1v) is 5.51. The molecule has 0 radical (unpaired) electrons. The van der Waals surface area contributed by atoms with Gasteiger partial charge in [0.2, 0.25) is 0 Å². The van der Waals surface area contributed by atoms with Gasteiger partial charge in [0.1, 0.15) is 5.82 Å². The SMILES string of the molecule is CCc1nc(CC)n(CC(C(=O)O)C(F)(F)F)n1. The van der Waals surface area contributed by atoms with Gasteiger partial charge in [-0.25, -0.2) is 9.67 Å². The lowest BCUT2D eigenvalue weighted by Crippen LogP contribution is -2.35. The summed E-state index contributed by atoms with van der Waals surface area (Å²) in [6, 6.07) is 0. The van der Waals surface area contributed by atoms with Crippen molar-refractivity contribution in [1.29, 1.82) is 0 Å². The summed E-state index contributed by atoms with van der Waals surface area (Å²) in [7, 11) is 0. The first-order valence-electron chi connectivity index (χ1n) is 5.51. The maximum Gasteiger partial charge on any atom is 0.404 e. The first-order chi connectivity index (χ1) is 8.29. The molecule has 0 fully saturated rings. The Balaban J connectivity index is 3.00. The second-order valence-corrected chi connectivity index (χ2v) is 3.77. The lowest BCUT2D eigenvalue weighted by atomic mass is 10.1. The van der Waals surface area contributed by atoms with Crippen molar-refractivity contribution >= 4 is 5.97 Å². The fourth-order valence-electron chi connectivity index (χ4n) is 1.48. The number of aromatic nitrogens is 3. The molecule has 0 amide bonds. The zero-order valence-corrected chi connectivity index (χ0v) is 10.0. The molecule has 0 aliphatic heterocycles. The first kappa shape index (κ1) is 14.5. The van der Waals surface area contributed by atoms with Crippen molar-refractivity contribution in [2.45, 2.75) is 39.4 Å². The standard InChI is InChI=1S/C10H14F3N3O2/c1-3-7-14-8(4-2)16(15-7)5-6(9(17)18)10(11,12)13/h6H,3-5H2,1-2H3,(H,17,18). The highest BCUT2D eigenvalue weighted by molar-refractivity contribution is 5.70. The molecule has 0 saturated heterocycles. The number of hydrogen-bond acceptors (Lipinski definition) is 3. The fourth-order valence-corrected chi connectivity index (χ4v) is 1.48. The molecule has 0 aromatic carbocycles. The van der Waals surface area contributed by atoms with Gasteiger partial charge >= 0.3 is 12.1 Å². The molecule has 0 aliphatic rings. The number of halogens is 3. The lowest BCUT2D eigenvalue weighted by Gasteiger charge is -2.16. The largest absolute Gasteiger partial charge is 0.481 e. The summed E-state index contributed by atoms with van der Waals surface area (Å²) in [5.74, 6) is -3.59. The molecule has 1 aromatic heterocycles. The Morgan fingerprint density at radius 2 is 2.00 bits per heavy atom. The molecule has 0 bridgehead atoms. The van der Waals surface area contributed by atoms with Crippen LogP contribution in [0.2, 0.25) is 0 Å². The molecule has 8 heteroatoms. The molecule has 1 heterocycles. The number of nitrogens with zero attached hydrogens (tertiary/aromatic N) is 3. The average molecular weight is 265 g/mol. The zero-order valence-electron chi connectivity index (χ0n) is 10.0. The van der Waals surface area contributed by atoms with Crippen molar-refractivity contribution in [3.8, 4) is 0 Å². The molecular formula is C10H14F3N3O2. The summed E-state index contributed by atoms with van der Waals surface area (Å²) >= 11 is 0. The van der Waals surface area contributed by atoms with Gasteiger partial charge in [0.15, 0.2) is 11.7 Å². The summed E-state index contributed by atoms with van der Waals surface area (Å²) in [4.78, 5) is 14.7. The van der Waals surface area contributed by atoms with Crippen molar-refractivity contribution < 1.29 is 23.1 Å². The van der Waals surface area contributed by atoms with Crippen LogP contribution in [0.5, 0.6) is 0 Å².